The third-order valence-electron chi connectivity index (χ3n) is 3.79. The van der Waals surface area contributed by atoms with Crippen LogP contribution in [0.2, 0.25) is 5.02 Å². The highest BCUT2D eigenvalue weighted by molar-refractivity contribution is 6.44. The van der Waals surface area contributed by atoms with Gasteiger partial charge in [-0.15, -0.1) is 6.42 Å². The van der Waals surface area contributed by atoms with Crippen LogP contribution >= 0.6 is 34.8 Å². The van der Waals surface area contributed by atoms with Crippen molar-refractivity contribution in [1.82, 2.24) is 9.88 Å². The highest BCUT2D eigenvalue weighted by Crippen LogP contribution is 2.42. The van der Waals surface area contributed by atoms with Gasteiger partial charge in [-0.1, -0.05) is 40.7 Å². The summed E-state index contributed by atoms with van der Waals surface area (Å²) in [7, 11) is 1.45. The Kier molecular flexibility index (Phi) is 7.33. The van der Waals surface area contributed by atoms with E-state index in [9.17, 15) is 22.4 Å². The lowest BCUT2D eigenvalue weighted by Gasteiger charge is -2.16. The summed E-state index contributed by atoms with van der Waals surface area (Å²) in [5.41, 5.74) is -1.92. The Balaban J connectivity index is 2.43. The van der Waals surface area contributed by atoms with Crippen molar-refractivity contribution < 1.29 is 27.1 Å². The van der Waals surface area contributed by atoms with E-state index >= 15 is 0 Å². The van der Waals surface area contributed by atoms with Crippen LogP contribution < -0.4 is 4.74 Å². The summed E-state index contributed by atoms with van der Waals surface area (Å²) in [6, 6.07) is 2.59. The number of carbonyl (C=O) groups excluding carboxylic acids is 1. The van der Waals surface area contributed by atoms with Crippen LogP contribution in [0.15, 0.2) is 18.2 Å². The Morgan fingerprint density at radius 3 is 2.52 bits per heavy atom. The maximum absolute atomic E-state index is 14.5. The van der Waals surface area contributed by atoms with E-state index in [0.717, 1.165) is 12.1 Å². The molecule has 0 radical (unpaired) electrons. The van der Waals surface area contributed by atoms with Crippen LogP contribution in [0, 0.1) is 18.2 Å². The number of aromatic amines is 1. The molecule has 1 heterocycles. The second-order valence-electron chi connectivity index (χ2n) is 5.81. The zero-order valence-corrected chi connectivity index (χ0v) is 17.0. The van der Waals surface area contributed by atoms with Gasteiger partial charge in [-0.3, -0.25) is 4.79 Å². The third kappa shape index (κ3) is 5.50. The number of nitrogens with zero attached hydrogens (tertiary/aromatic N) is 1. The first-order chi connectivity index (χ1) is 13.5. The molecule has 0 bridgehead atoms. The van der Waals surface area contributed by atoms with Crippen LogP contribution in [0.5, 0.6) is 5.75 Å². The lowest BCUT2D eigenvalue weighted by molar-refractivity contribution is -0.140. The van der Waals surface area contributed by atoms with E-state index < -0.39 is 35.0 Å². The standard InChI is InChI=1S/C18H13Cl3F4N2O2/c1-3-4-27(2)15(28)8-29-13-5-9(12(22)7-11(13)19)10-6-14(18(23,24)25)26-16(10)17(20)21/h1,5-7,17,26H,4,8H2,2H3. The summed E-state index contributed by atoms with van der Waals surface area (Å²) >= 11 is 17.4. The van der Waals surface area contributed by atoms with Gasteiger partial charge in [0.1, 0.15) is 22.1 Å². The van der Waals surface area contributed by atoms with Crippen LogP contribution in [0.3, 0.4) is 0 Å². The second kappa shape index (κ2) is 9.16. The first-order valence-electron chi connectivity index (χ1n) is 7.83. The largest absolute Gasteiger partial charge is 0.482 e. The molecule has 0 aliphatic carbocycles. The number of carbonyl (C=O) groups is 1. The smallest absolute Gasteiger partial charge is 0.431 e. The zero-order valence-electron chi connectivity index (χ0n) is 14.7. The van der Waals surface area contributed by atoms with Crippen molar-refractivity contribution in [2.24, 2.45) is 0 Å². The molecule has 0 aliphatic rings. The molecule has 0 saturated heterocycles. The predicted octanol–water partition coefficient (Wildman–Crippen LogP) is 5.44. The molecular weight excluding hydrogens is 459 g/mol. The number of hydrogen-bond acceptors (Lipinski definition) is 2. The summed E-state index contributed by atoms with van der Waals surface area (Å²) in [4.78, 5) is 13.8. The minimum absolute atomic E-state index is 0.0460. The Labute approximate surface area is 178 Å². The Morgan fingerprint density at radius 2 is 1.97 bits per heavy atom. The van der Waals surface area contributed by atoms with Crippen molar-refractivity contribution in [1.29, 1.82) is 0 Å². The normalized spacial score (nSPS) is 11.4. The number of hydrogen-bond donors (Lipinski definition) is 1. The number of rotatable bonds is 6. The van der Waals surface area contributed by atoms with E-state index in [-0.39, 0.29) is 34.1 Å². The van der Waals surface area contributed by atoms with Crippen LogP contribution in [0.1, 0.15) is 16.2 Å². The molecule has 0 spiro atoms. The van der Waals surface area contributed by atoms with Gasteiger partial charge in [0, 0.05) is 18.2 Å². The summed E-state index contributed by atoms with van der Waals surface area (Å²) in [5, 5.41) is -0.180. The van der Waals surface area contributed by atoms with Gasteiger partial charge in [0.15, 0.2) is 6.61 Å². The SMILES string of the molecule is C#CCN(C)C(=O)COc1cc(-c2cc(C(F)(F)F)[nH]c2C(Cl)Cl)c(F)cc1Cl. The lowest BCUT2D eigenvalue weighted by atomic mass is 10.0. The average Bonchev–Trinajstić information content (AvgIpc) is 3.06. The zero-order chi connectivity index (χ0) is 21.9. The van der Waals surface area contributed by atoms with Gasteiger partial charge in [-0.2, -0.15) is 13.2 Å². The van der Waals surface area contributed by atoms with Crippen molar-refractivity contribution in [2.45, 2.75) is 11.0 Å². The molecule has 29 heavy (non-hydrogen) atoms. The summed E-state index contributed by atoms with van der Waals surface area (Å²) in [5.74, 6) is 0.754. The van der Waals surface area contributed by atoms with Gasteiger partial charge in [-0.25, -0.2) is 4.39 Å². The monoisotopic (exact) mass is 470 g/mol. The molecule has 2 rings (SSSR count). The number of nitrogens with one attached hydrogen (secondary N) is 1. The van der Waals surface area contributed by atoms with Gasteiger partial charge < -0.3 is 14.6 Å². The molecular formula is C18H13Cl3F4N2O2. The fourth-order valence-corrected chi connectivity index (χ4v) is 2.89. The molecule has 0 saturated carbocycles. The molecule has 4 nitrogen and oxygen atoms in total. The number of aromatic nitrogens is 1. The van der Waals surface area contributed by atoms with E-state index in [0.29, 0.717) is 6.07 Å². The molecule has 1 N–H and O–H groups in total. The Hall–Kier alpha value is -2.08. The van der Waals surface area contributed by atoms with Crippen molar-refractivity contribution in [3.8, 4) is 29.2 Å². The number of amides is 1. The van der Waals surface area contributed by atoms with Gasteiger partial charge in [0.2, 0.25) is 0 Å². The van der Waals surface area contributed by atoms with E-state index in [4.69, 9.17) is 46.0 Å². The highest BCUT2D eigenvalue weighted by atomic mass is 35.5. The molecule has 1 aromatic carbocycles. The number of likely N-dealkylation sites (N-methyl/N-ethyl adjacent to an activating group) is 1. The fourth-order valence-electron chi connectivity index (χ4n) is 2.34. The number of halogens is 7. The van der Waals surface area contributed by atoms with Crippen molar-refractivity contribution in [3.63, 3.8) is 0 Å². The maximum atomic E-state index is 14.5. The molecule has 156 valence electrons. The van der Waals surface area contributed by atoms with Gasteiger partial charge in [0.25, 0.3) is 5.91 Å². The molecule has 0 aliphatic heterocycles. The Bertz CT molecular complexity index is 952. The van der Waals surface area contributed by atoms with Crippen LogP contribution in [0.4, 0.5) is 17.6 Å². The van der Waals surface area contributed by atoms with E-state index in [1.807, 2.05) is 0 Å². The van der Waals surface area contributed by atoms with Crippen molar-refractivity contribution >= 4 is 40.7 Å². The van der Waals surface area contributed by atoms with Crippen molar-refractivity contribution in [2.75, 3.05) is 20.2 Å². The van der Waals surface area contributed by atoms with Crippen LogP contribution in [-0.4, -0.2) is 36.0 Å². The first kappa shape index (κ1) is 23.2. The summed E-state index contributed by atoms with van der Waals surface area (Å²) in [6.45, 7) is -0.422. The molecule has 1 amide bonds. The third-order valence-corrected chi connectivity index (χ3v) is 4.52. The molecule has 2 aromatic rings. The van der Waals surface area contributed by atoms with E-state index in [1.54, 1.807) is 0 Å². The lowest BCUT2D eigenvalue weighted by Crippen LogP contribution is -2.31. The van der Waals surface area contributed by atoms with Crippen LogP contribution in [0.25, 0.3) is 11.1 Å². The Morgan fingerprint density at radius 1 is 1.31 bits per heavy atom. The minimum Gasteiger partial charge on any atom is -0.482 e. The van der Waals surface area contributed by atoms with E-state index in [2.05, 4.69) is 10.9 Å². The minimum atomic E-state index is -4.73. The number of terminal acetylenes is 1. The molecule has 0 atom stereocenters. The summed E-state index contributed by atoms with van der Waals surface area (Å²) in [6.07, 6.45) is 0.388. The molecule has 0 fully saturated rings. The van der Waals surface area contributed by atoms with Gasteiger partial charge in [-0.05, 0) is 18.2 Å². The molecule has 0 unspecified atom stereocenters. The quantitative estimate of drug-likeness (QED) is 0.346. The summed E-state index contributed by atoms with van der Waals surface area (Å²) < 4.78 is 58.9. The van der Waals surface area contributed by atoms with Gasteiger partial charge >= 0.3 is 6.18 Å². The highest BCUT2D eigenvalue weighted by Gasteiger charge is 2.35. The number of ether oxygens (including phenoxy) is 1. The number of benzene rings is 1. The maximum Gasteiger partial charge on any atom is 0.431 e. The molecule has 1 aromatic heterocycles. The van der Waals surface area contributed by atoms with Crippen molar-refractivity contribution in [3.05, 3.63) is 40.4 Å². The van der Waals surface area contributed by atoms with E-state index in [1.165, 1.54) is 11.9 Å². The van der Waals surface area contributed by atoms with Gasteiger partial charge in [0.05, 0.1) is 17.3 Å². The second-order valence-corrected chi connectivity index (χ2v) is 7.32. The topological polar surface area (TPSA) is 45.3 Å². The number of H-pyrrole nitrogens is 1. The average molecular weight is 472 g/mol. The first-order valence-corrected chi connectivity index (χ1v) is 9.08. The molecule has 11 heteroatoms. The number of alkyl halides is 5. The fraction of sp³-hybridized carbons (Fsp3) is 0.278. The van der Waals surface area contributed by atoms with Crippen LogP contribution in [-0.2, 0) is 11.0 Å². The predicted molar refractivity (Wildman–Crippen MR) is 103 cm³/mol.